The maximum absolute atomic E-state index is 13.6. The number of carbonyl (C=O) groups excluding carboxylic acids is 1. The summed E-state index contributed by atoms with van der Waals surface area (Å²) in [4.78, 5) is 20.2. The molecule has 1 fully saturated rings. The molecule has 1 aliphatic heterocycles. The number of hydrogen-bond donors (Lipinski definition) is 0. The van der Waals surface area contributed by atoms with Gasteiger partial charge in [0.25, 0.3) is 5.91 Å². The number of benzene rings is 3. The second kappa shape index (κ2) is 8.27. The number of anilines is 1. The highest BCUT2D eigenvalue weighted by molar-refractivity contribution is 7.90. The van der Waals surface area contributed by atoms with Crippen LogP contribution in [0.25, 0.3) is 21.0 Å². The summed E-state index contributed by atoms with van der Waals surface area (Å²) in [6.07, 6.45) is 3.01. The minimum absolute atomic E-state index is 0.0435. The summed E-state index contributed by atoms with van der Waals surface area (Å²) in [7, 11) is -3.33. The molecule has 5 rings (SSSR count). The van der Waals surface area contributed by atoms with E-state index in [0.29, 0.717) is 29.4 Å². The molecule has 2 heterocycles. The number of fused-ring (bicyclic) bond motifs is 2. The standard InChI is InChI=1S/C24H22N2O4S2/c1-32(28,29)20-10-11-21-22(14-20)31-24(25-21)26(15-19-7-4-12-30-19)23(27)18-9-8-16-5-2-3-6-17(16)13-18/h2-3,5-6,8-11,13-14,19H,4,7,12,15H2,1H3. The predicted octanol–water partition coefficient (Wildman–Crippen LogP) is 4.68. The van der Waals surface area contributed by atoms with Gasteiger partial charge in [-0.3, -0.25) is 9.69 Å². The van der Waals surface area contributed by atoms with Crippen molar-refractivity contribution in [3.05, 3.63) is 66.2 Å². The van der Waals surface area contributed by atoms with E-state index >= 15 is 0 Å². The van der Waals surface area contributed by atoms with Gasteiger partial charge in [0, 0.05) is 18.4 Å². The van der Waals surface area contributed by atoms with Gasteiger partial charge in [-0.2, -0.15) is 0 Å². The van der Waals surface area contributed by atoms with Crippen molar-refractivity contribution in [1.29, 1.82) is 0 Å². The Morgan fingerprint density at radius 3 is 2.69 bits per heavy atom. The zero-order chi connectivity index (χ0) is 22.3. The first-order valence-corrected chi connectivity index (χ1v) is 13.1. The fourth-order valence-electron chi connectivity index (χ4n) is 3.96. The quantitative estimate of drug-likeness (QED) is 0.427. The van der Waals surface area contributed by atoms with Crippen molar-refractivity contribution >= 4 is 53.2 Å². The Morgan fingerprint density at radius 1 is 1.12 bits per heavy atom. The van der Waals surface area contributed by atoms with Gasteiger partial charge in [0.2, 0.25) is 0 Å². The summed E-state index contributed by atoms with van der Waals surface area (Å²) in [6, 6.07) is 18.5. The van der Waals surface area contributed by atoms with Crippen LogP contribution in [0.3, 0.4) is 0 Å². The maximum atomic E-state index is 13.6. The van der Waals surface area contributed by atoms with Crippen molar-refractivity contribution in [2.45, 2.75) is 23.8 Å². The van der Waals surface area contributed by atoms with Crippen LogP contribution in [0.15, 0.2) is 65.6 Å². The summed E-state index contributed by atoms with van der Waals surface area (Å²) in [5, 5.41) is 2.61. The maximum Gasteiger partial charge on any atom is 0.260 e. The lowest BCUT2D eigenvalue weighted by Crippen LogP contribution is -2.37. The van der Waals surface area contributed by atoms with Crippen LogP contribution < -0.4 is 4.90 Å². The van der Waals surface area contributed by atoms with Crippen LogP contribution in [0.5, 0.6) is 0 Å². The fourth-order valence-corrected chi connectivity index (χ4v) is 5.69. The zero-order valence-corrected chi connectivity index (χ0v) is 19.2. The largest absolute Gasteiger partial charge is 0.376 e. The van der Waals surface area contributed by atoms with Crippen molar-refractivity contribution in [2.75, 3.05) is 24.3 Å². The van der Waals surface area contributed by atoms with Crippen LogP contribution in [0, 0.1) is 0 Å². The number of rotatable bonds is 5. The fraction of sp³-hybridized carbons (Fsp3) is 0.250. The smallest absolute Gasteiger partial charge is 0.260 e. The monoisotopic (exact) mass is 466 g/mol. The van der Waals surface area contributed by atoms with E-state index in [9.17, 15) is 13.2 Å². The number of ether oxygens (including phenoxy) is 1. The molecule has 0 bridgehead atoms. The van der Waals surface area contributed by atoms with Gasteiger partial charge >= 0.3 is 0 Å². The summed E-state index contributed by atoms with van der Waals surface area (Å²) < 4.78 is 30.4. The lowest BCUT2D eigenvalue weighted by Gasteiger charge is -2.23. The van der Waals surface area contributed by atoms with Crippen LogP contribution in [-0.4, -0.2) is 44.8 Å². The molecule has 0 aliphatic carbocycles. The van der Waals surface area contributed by atoms with Crippen LogP contribution in [0.1, 0.15) is 23.2 Å². The molecule has 3 aromatic carbocycles. The molecule has 4 aromatic rings. The third-order valence-corrected chi connectivity index (χ3v) is 7.81. The minimum atomic E-state index is -3.33. The molecule has 6 nitrogen and oxygen atoms in total. The molecule has 0 saturated carbocycles. The Bertz CT molecular complexity index is 1420. The molecule has 1 unspecified atom stereocenters. The average molecular weight is 467 g/mol. The minimum Gasteiger partial charge on any atom is -0.376 e. The second-order valence-corrected chi connectivity index (χ2v) is 11.0. The molecule has 0 N–H and O–H groups in total. The molecule has 164 valence electrons. The number of sulfone groups is 1. The predicted molar refractivity (Wildman–Crippen MR) is 127 cm³/mol. The molecule has 8 heteroatoms. The van der Waals surface area contributed by atoms with E-state index < -0.39 is 9.84 Å². The molecule has 1 amide bonds. The van der Waals surface area contributed by atoms with E-state index in [2.05, 4.69) is 4.98 Å². The zero-order valence-electron chi connectivity index (χ0n) is 17.5. The molecule has 0 spiro atoms. The Labute approximate surface area is 190 Å². The van der Waals surface area contributed by atoms with Crippen molar-refractivity contribution in [3.8, 4) is 0 Å². The molecule has 1 aromatic heterocycles. The van der Waals surface area contributed by atoms with E-state index in [1.54, 1.807) is 23.1 Å². The summed E-state index contributed by atoms with van der Waals surface area (Å²) in [5.74, 6) is -0.145. The van der Waals surface area contributed by atoms with Gasteiger partial charge < -0.3 is 4.74 Å². The normalized spacial score (nSPS) is 16.6. The highest BCUT2D eigenvalue weighted by Gasteiger charge is 2.27. The van der Waals surface area contributed by atoms with Gasteiger partial charge in [0.1, 0.15) is 0 Å². The van der Waals surface area contributed by atoms with Crippen LogP contribution >= 0.6 is 11.3 Å². The number of nitrogens with zero attached hydrogens (tertiary/aromatic N) is 2. The van der Waals surface area contributed by atoms with E-state index in [0.717, 1.165) is 28.3 Å². The SMILES string of the molecule is CS(=O)(=O)c1ccc2nc(N(CC3CCCO3)C(=O)c3ccc4ccccc4c3)sc2c1. The molecule has 1 atom stereocenters. The van der Waals surface area contributed by atoms with Gasteiger partial charge in [-0.05, 0) is 53.9 Å². The van der Waals surface area contributed by atoms with Crippen molar-refractivity contribution in [1.82, 2.24) is 4.98 Å². The van der Waals surface area contributed by atoms with E-state index in [4.69, 9.17) is 4.74 Å². The van der Waals surface area contributed by atoms with Crippen molar-refractivity contribution in [2.24, 2.45) is 0 Å². The van der Waals surface area contributed by atoms with Gasteiger partial charge in [0.15, 0.2) is 15.0 Å². The van der Waals surface area contributed by atoms with E-state index in [-0.39, 0.29) is 16.9 Å². The number of aromatic nitrogens is 1. The third kappa shape index (κ3) is 4.13. The number of hydrogen-bond acceptors (Lipinski definition) is 6. The van der Waals surface area contributed by atoms with Gasteiger partial charge in [-0.15, -0.1) is 0 Å². The van der Waals surface area contributed by atoms with Gasteiger partial charge in [0.05, 0.1) is 27.8 Å². The van der Waals surface area contributed by atoms with E-state index in [1.807, 2.05) is 42.5 Å². The molecule has 1 saturated heterocycles. The first kappa shape index (κ1) is 21.1. The Balaban J connectivity index is 1.55. The molecular weight excluding hydrogens is 444 g/mol. The highest BCUT2D eigenvalue weighted by Crippen LogP contribution is 2.32. The van der Waals surface area contributed by atoms with Crippen LogP contribution in [-0.2, 0) is 14.6 Å². The second-order valence-electron chi connectivity index (χ2n) is 8.01. The van der Waals surface area contributed by atoms with Crippen molar-refractivity contribution < 1.29 is 17.9 Å². The Morgan fingerprint density at radius 2 is 1.94 bits per heavy atom. The summed E-state index contributed by atoms with van der Waals surface area (Å²) >= 11 is 1.32. The Hall–Kier alpha value is -2.81. The van der Waals surface area contributed by atoms with Crippen molar-refractivity contribution in [3.63, 3.8) is 0 Å². The first-order valence-electron chi connectivity index (χ1n) is 10.4. The number of carbonyl (C=O) groups is 1. The molecule has 0 radical (unpaired) electrons. The lowest BCUT2D eigenvalue weighted by atomic mass is 10.1. The molecular formula is C24H22N2O4S2. The summed E-state index contributed by atoms with van der Waals surface area (Å²) in [5.41, 5.74) is 1.25. The topological polar surface area (TPSA) is 76.6 Å². The van der Waals surface area contributed by atoms with Crippen LogP contribution in [0.4, 0.5) is 5.13 Å². The Kier molecular flexibility index (Phi) is 5.44. The van der Waals surface area contributed by atoms with Crippen LogP contribution in [0.2, 0.25) is 0 Å². The third-order valence-electron chi connectivity index (χ3n) is 5.66. The van der Waals surface area contributed by atoms with Gasteiger partial charge in [-0.1, -0.05) is 41.7 Å². The molecule has 32 heavy (non-hydrogen) atoms. The van der Waals surface area contributed by atoms with E-state index in [1.165, 1.54) is 17.6 Å². The first-order chi connectivity index (χ1) is 15.4. The molecule has 1 aliphatic rings. The highest BCUT2D eigenvalue weighted by atomic mass is 32.2. The lowest BCUT2D eigenvalue weighted by molar-refractivity contribution is 0.0917. The van der Waals surface area contributed by atoms with Gasteiger partial charge in [-0.25, -0.2) is 13.4 Å². The summed E-state index contributed by atoms with van der Waals surface area (Å²) in [6.45, 7) is 1.10. The number of amides is 1. The number of thiazole rings is 1. The average Bonchev–Trinajstić information content (AvgIpc) is 3.45.